The highest BCUT2D eigenvalue weighted by Crippen LogP contribution is 2.31. The molecule has 0 atom stereocenters. The van der Waals surface area contributed by atoms with Gasteiger partial charge in [0.15, 0.2) is 5.96 Å². The quantitative estimate of drug-likeness (QED) is 0.350. The Bertz CT molecular complexity index is 645. The van der Waals surface area contributed by atoms with Crippen LogP contribution in [0.5, 0.6) is 5.75 Å². The van der Waals surface area contributed by atoms with Crippen molar-refractivity contribution in [1.82, 2.24) is 10.2 Å². The van der Waals surface area contributed by atoms with Crippen molar-refractivity contribution in [3.05, 3.63) is 28.8 Å². The summed E-state index contributed by atoms with van der Waals surface area (Å²) in [4.78, 5) is 7.09. The molecule has 0 saturated carbocycles. The van der Waals surface area contributed by atoms with Gasteiger partial charge in [-0.05, 0) is 75.0 Å². The maximum absolute atomic E-state index is 10.4. The van der Waals surface area contributed by atoms with Crippen LogP contribution in [0.15, 0.2) is 17.1 Å². The fourth-order valence-electron chi connectivity index (χ4n) is 4.21. The summed E-state index contributed by atoms with van der Waals surface area (Å²) in [5, 5.41) is 13.8. The van der Waals surface area contributed by atoms with Crippen molar-refractivity contribution >= 4 is 29.9 Å². The van der Waals surface area contributed by atoms with E-state index in [1.54, 1.807) is 0 Å². The number of fused-ring (bicyclic) bond motifs is 1. The number of rotatable bonds is 6. The third kappa shape index (κ3) is 6.24. The third-order valence-corrected chi connectivity index (χ3v) is 5.92. The van der Waals surface area contributed by atoms with E-state index in [4.69, 9.17) is 9.73 Å². The zero-order valence-electron chi connectivity index (χ0n) is 17.4. The van der Waals surface area contributed by atoms with Gasteiger partial charge in [0.2, 0.25) is 0 Å². The van der Waals surface area contributed by atoms with E-state index in [2.05, 4.69) is 30.3 Å². The highest BCUT2D eigenvalue weighted by Gasteiger charge is 2.18. The van der Waals surface area contributed by atoms with E-state index < -0.39 is 0 Å². The number of hydrogen-bond donors (Lipinski definition) is 2. The SMILES string of the molecule is CCNC(=NCc1c(O)ccc2c1CCCC2)N(C)CCC1CCOCC1.I. The highest BCUT2D eigenvalue weighted by molar-refractivity contribution is 14.0. The van der Waals surface area contributed by atoms with Crippen LogP contribution in [0.25, 0.3) is 0 Å². The molecule has 2 aliphatic rings. The van der Waals surface area contributed by atoms with Crippen LogP contribution in [-0.2, 0) is 24.1 Å². The molecule has 1 aromatic carbocycles. The number of phenolic OH excluding ortho intramolecular Hbond substituents is 1. The predicted molar refractivity (Wildman–Crippen MR) is 126 cm³/mol. The lowest BCUT2D eigenvalue weighted by molar-refractivity contribution is 0.0625. The molecule has 0 unspecified atom stereocenters. The van der Waals surface area contributed by atoms with Crippen LogP contribution in [0.3, 0.4) is 0 Å². The summed E-state index contributed by atoms with van der Waals surface area (Å²) in [5.41, 5.74) is 3.73. The molecule has 2 N–H and O–H groups in total. The monoisotopic (exact) mass is 501 g/mol. The van der Waals surface area contributed by atoms with Crippen molar-refractivity contribution in [3.63, 3.8) is 0 Å². The van der Waals surface area contributed by atoms with Crippen LogP contribution in [0, 0.1) is 5.92 Å². The minimum Gasteiger partial charge on any atom is -0.508 e. The first-order chi connectivity index (χ1) is 13.2. The molecule has 1 saturated heterocycles. The molecule has 1 aliphatic heterocycles. The number of ether oxygens (including phenoxy) is 1. The number of nitrogens with zero attached hydrogens (tertiary/aromatic N) is 2. The van der Waals surface area contributed by atoms with Crippen LogP contribution in [0.4, 0.5) is 0 Å². The van der Waals surface area contributed by atoms with Gasteiger partial charge in [0.1, 0.15) is 5.75 Å². The Morgan fingerprint density at radius 1 is 1.25 bits per heavy atom. The number of halogens is 1. The Kier molecular flexibility index (Phi) is 9.85. The summed E-state index contributed by atoms with van der Waals surface area (Å²) in [7, 11) is 2.11. The van der Waals surface area contributed by atoms with E-state index in [9.17, 15) is 5.11 Å². The lowest BCUT2D eigenvalue weighted by Crippen LogP contribution is -2.40. The summed E-state index contributed by atoms with van der Waals surface area (Å²) in [6.45, 7) is 6.29. The number of benzene rings is 1. The minimum absolute atomic E-state index is 0. The molecule has 0 bridgehead atoms. The second-order valence-corrected chi connectivity index (χ2v) is 7.84. The van der Waals surface area contributed by atoms with Crippen molar-refractivity contribution in [1.29, 1.82) is 0 Å². The number of nitrogens with one attached hydrogen (secondary N) is 1. The van der Waals surface area contributed by atoms with Gasteiger partial charge in [0.25, 0.3) is 0 Å². The zero-order chi connectivity index (χ0) is 19.1. The molecule has 1 fully saturated rings. The number of aryl methyl sites for hydroxylation is 1. The number of aromatic hydroxyl groups is 1. The van der Waals surface area contributed by atoms with Crippen LogP contribution in [0.2, 0.25) is 0 Å². The third-order valence-electron chi connectivity index (χ3n) is 5.92. The molecule has 0 aromatic heterocycles. The van der Waals surface area contributed by atoms with Crippen molar-refractivity contribution in [2.24, 2.45) is 10.9 Å². The average Bonchev–Trinajstić information content (AvgIpc) is 2.71. The summed E-state index contributed by atoms with van der Waals surface area (Å²) in [5.74, 6) is 2.08. The minimum atomic E-state index is 0. The normalized spacial score (nSPS) is 17.6. The van der Waals surface area contributed by atoms with E-state index in [0.29, 0.717) is 12.3 Å². The van der Waals surface area contributed by atoms with Gasteiger partial charge in [-0.2, -0.15) is 0 Å². The molecule has 0 radical (unpaired) electrons. The van der Waals surface area contributed by atoms with E-state index >= 15 is 0 Å². The molecule has 1 aromatic rings. The van der Waals surface area contributed by atoms with E-state index in [1.165, 1.54) is 43.2 Å². The summed E-state index contributed by atoms with van der Waals surface area (Å²) in [6.07, 6.45) is 8.16. The van der Waals surface area contributed by atoms with Crippen LogP contribution in [-0.4, -0.2) is 49.3 Å². The second kappa shape index (κ2) is 11.9. The fourth-order valence-corrected chi connectivity index (χ4v) is 4.21. The van der Waals surface area contributed by atoms with Crippen molar-refractivity contribution in [2.75, 3.05) is 33.4 Å². The molecule has 28 heavy (non-hydrogen) atoms. The molecule has 3 rings (SSSR count). The lowest BCUT2D eigenvalue weighted by atomic mass is 9.88. The van der Waals surface area contributed by atoms with E-state index in [0.717, 1.165) is 56.6 Å². The summed E-state index contributed by atoms with van der Waals surface area (Å²) in [6, 6.07) is 3.93. The molecule has 0 amide bonds. The maximum atomic E-state index is 10.4. The Morgan fingerprint density at radius 2 is 2.00 bits per heavy atom. The Labute approximate surface area is 187 Å². The first-order valence-electron chi connectivity index (χ1n) is 10.6. The zero-order valence-corrected chi connectivity index (χ0v) is 19.7. The van der Waals surface area contributed by atoms with E-state index in [-0.39, 0.29) is 24.0 Å². The Balaban J connectivity index is 0.00000280. The fraction of sp³-hybridized carbons (Fsp3) is 0.682. The van der Waals surface area contributed by atoms with Gasteiger partial charge in [0.05, 0.1) is 6.54 Å². The van der Waals surface area contributed by atoms with Crippen LogP contribution in [0.1, 0.15) is 55.7 Å². The van der Waals surface area contributed by atoms with Crippen molar-refractivity contribution in [3.8, 4) is 5.75 Å². The van der Waals surface area contributed by atoms with Crippen molar-refractivity contribution in [2.45, 2.75) is 58.4 Å². The molecule has 158 valence electrons. The van der Waals surface area contributed by atoms with Gasteiger partial charge in [-0.15, -0.1) is 24.0 Å². The molecule has 1 heterocycles. The van der Waals surface area contributed by atoms with Crippen molar-refractivity contribution < 1.29 is 9.84 Å². The highest BCUT2D eigenvalue weighted by atomic mass is 127. The van der Waals surface area contributed by atoms with Gasteiger partial charge in [-0.25, -0.2) is 4.99 Å². The van der Waals surface area contributed by atoms with Gasteiger partial charge in [-0.3, -0.25) is 0 Å². The van der Waals surface area contributed by atoms with Crippen LogP contribution >= 0.6 is 24.0 Å². The number of hydrogen-bond acceptors (Lipinski definition) is 3. The van der Waals surface area contributed by atoms with Gasteiger partial charge in [0, 0.05) is 38.9 Å². The topological polar surface area (TPSA) is 57.1 Å². The molecular formula is C22H36IN3O2. The average molecular weight is 501 g/mol. The summed E-state index contributed by atoms with van der Waals surface area (Å²) >= 11 is 0. The second-order valence-electron chi connectivity index (χ2n) is 7.84. The van der Waals surface area contributed by atoms with Crippen LogP contribution < -0.4 is 5.32 Å². The van der Waals surface area contributed by atoms with Gasteiger partial charge in [-0.1, -0.05) is 6.07 Å². The number of phenols is 1. The lowest BCUT2D eigenvalue weighted by Gasteiger charge is -2.27. The molecule has 0 spiro atoms. The number of aliphatic imine (C=N–C) groups is 1. The summed E-state index contributed by atoms with van der Waals surface area (Å²) < 4.78 is 5.46. The molecule has 1 aliphatic carbocycles. The largest absolute Gasteiger partial charge is 0.508 e. The predicted octanol–water partition coefficient (Wildman–Crippen LogP) is 4.10. The van der Waals surface area contributed by atoms with E-state index in [1.807, 2.05) is 6.07 Å². The molecule has 5 nitrogen and oxygen atoms in total. The number of guanidine groups is 1. The smallest absolute Gasteiger partial charge is 0.193 e. The molecular weight excluding hydrogens is 465 g/mol. The molecule has 6 heteroatoms. The Morgan fingerprint density at radius 3 is 2.75 bits per heavy atom. The first kappa shape index (κ1) is 23.3. The van der Waals surface area contributed by atoms with Gasteiger partial charge >= 0.3 is 0 Å². The first-order valence-corrected chi connectivity index (χ1v) is 10.6. The standard InChI is InChI=1S/C22H35N3O2.HI/c1-3-23-22(25(2)13-10-17-11-14-27-15-12-17)24-16-20-19-7-5-4-6-18(19)8-9-21(20)26;/h8-9,17,26H,3-7,10-16H2,1-2H3,(H,23,24);1H. The van der Waals surface area contributed by atoms with Gasteiger partial charge < -0.3 is 20.1 Å². The maximum Gasteiger partial charge on any atom is 0.193 e. The Hall–Kier alpha value is -1.02.